The van der Waals surface area contributed by atoms with Crippen LogP contribution in [0.5, 0.6) is 0 Å². The van der Waals surface area contributed by atoms with Crippen molar-refractivity contribution in [3.63, 3.8) is 0 Å². The van der Waals surface area contributed by atoms with E-state index in [2.05, 4.69) is 5.32 Å². The van der Waals surface area contributed by atoms with E-state index in [9.17, 15) is 9.59 Å². The van der Waals surface area contributed by atoms with E-state index in [-0.39, 0.29) is 18.2 Å². The van der Waals surface area contributed by atoms with Crippen molar-refractivity contribution in [1.29, 1.82) is 0 Å². The van der Waals surface area contributed by atoms with E-state index in [4.69, 9.17) is 10.8 Å². The van der Waals surface area contributed by atoms with Gasteiger partial charge in [-0.1, -0.05) is 13.8 Å². The fraction of sp³-hybridized carbons (Fsp3) is 0.714. The highest BCUT2D eigenvalue weighted by Gasteiger charge is 2.21. The van der Waals surface area contributed by atoms with Crippen molar-refractivity contribution in [1.82, 2.24) is 5.32 Å². The van der Waals surface area contributed by atoms with Crippen LogP contribution in [0, 0.1) is 5.92 Å². The summed E-state index contributed by atoms with van der Waals surface area (Å²) in [6.07, 6.45) is -1.20. The number of Topliss-reactive ketones (excluding diaryl/α,β-unsaturated/α-hetero) is 1. The number of hydrogen-bond donors (Lipinski definition) is 3. The minimum Gasteiger partial charge on any atom is -0.465 e. The molecule has 5 heteroatoms. The second-order valence-corrected chi connectivity index (χ2v) is 2.84. The summed E-state index contributed by atoms with van der Waals surface area (Å²) in [4.78, 5) is 21.3. The molecule has 0 bridgehead atoms. The van der Waals surface area contributed by atoms with Crippen LogP contribution in [-0.2, 0) is 4.79 Å². The van der Waals surface area contributed by atoms with Gasteiger partial charge in [-0.3, -0.25) is 4.79 Å². The van der Waals surface area contributed by atoms with Crippen molar-refractivity contribution in [2.45, 2.75) is 19.9 Å². The molecule has 1 unspecified atom stereocenters. The highest BCUT2D eigenvalue weighted by molar-refractivity contribution is 5.88. The van der Waals surface area contributed by atoms with Gasteiger partial charge in [0.2, 0.25) is 0 Å². The number of carbonyl (C=O) groups excluding carboxylic acids is 1. The minimum absolute atomic E-state index is 0.0721. The Labute approximate surface area is 70.9 Å². The van der Waals surface area contributed by atoms with Crippen LogP contribution in [0.3, 0.4) is 0 Å². The highest BCUT2D eigenvalue weighted by Crippen LogP contribution is 2.01. The van der Waals surface area contributed by atoms with Gasteiger partial charge in [-0.05, 0) is 5.92 Å². The lowest BCUT2D eigenvalue weighted by Gasteiger charge is -2.18. The predicted molar refractivity (Wildman–Crippen MR) is 43.8 cm³/mol. The van der Waals surface area contributed by atoms with Crippen LogP contribution in [-0.4, -0.2) is 29.6 Å². The van der Waals surface area contributed by atoms with Gasteiger partial charge in [0.15, 0.2) is 5.78 Å². The summed E-state index contributed by atoms with van der Waals surface area (Å²) < 4.78 is 0. The zero-order valence-electron chi connectivity index (χ0n) is 7.20. The van der Waals surface area contributed by atoms with Crippen LogP contribution in [0.2, 0.25) is 0 Å². The summed E-state index contributed by atoms with van der Waals surface area (Å²) in [7, 11) is 0. The molecule has 12 heavy (non-hydrogen) atoms. The zero-order chi connectivity index (χ0) is 9.72. The number of hydrogen-bond acceptors (Lipinski definition) is 3. The molecule has 0 aliphatic carbocycles. The molecule has 1 atom stereocenters. The predicted octanol–water partition coefficient (Wildman–Crippen LogP) is -0.194. The number of nitrogens with one attached hydrogen (secondary N) is 1. The molecule has 0 aliphatic rings. The molecule has 0 saturated heterocycles. The van der Waals surface area contributed by atoms with Gasteiger partial charge in [-0.2, -0.15) is 0 Å². The summed E-state index contributed by atoms with van der Waals surface area (Å²) in [5.41, 5.74) is 5.10. The number of carbonyl (C=O) groups is 2. The summed E-state index contributed by atoms with van der Waals surface area (Å²) in [5.74, 6) is -0.357. The van der Waals surface area contributed by atoms with E-state index in [0.29, 0.717) is 0 Å². The quantitative estimate of drug-likeness (QED) is 0.550. The van der Waals surface area contributed by atoms with Crippen LogP contribution in [0.15, 0.2) is 0 Å². The van der Waals surface area contributed by atoms with E-state index < -0.39 is 12.1 Å². The van der Waals surface area contributed by atoms with E-state index in [1.165, 1.54) is 0 Å². The molecule has 1 amide bonds. The monoisotopic (exact) mass is 174 g/mol. The third kappa shape index (κ3) is 3.34. The summed E-state index contributed by atoms with van der Waals surface area (Å²) in [6, 6.07) is -0.688. The smallest absolute Gasteiger partial charge is 0.405 e. The molecule has 0 aromatic rings. The first kappa shape index (κ1) is 10.9. The second-order valence-electron chi connectivity index (χ2n) is 2.84. The number of ketones is 1. The molecule has 0 radical (unpaired) electrons. The number of carboxylic acid groups (broad SMARTS) is 1. The SMILES string of the molecule is CC(C)C(NC(=O)O)C(=O)CN. The normalized spacial score (nSPS) is 12.7. The van der Waals surface area contributed by atoms with Gasteiger partial charge in [0.1, 0.15) is 0 Å². The number of amides is 1. The molecular weight excluding hydrogens is 160 g/mol. The van der Waals surface area contributed by atoms with Gasteiger partial charge in [-0.25, -0.2) is 4.79 Å². The Balaban J connectivity index is 4.23. The van der Waals surface area contributed by atoms with E-state index in [0.717, 1.165) is 0 Å². The molecule has 0 spiro atoms. The van der Waals surface area contributed by atoms with Crippen molar-refractivity contribution in [2.24, 2.45) is 11.7 Å². The van der Waals surface area contributed by atoms with Gasteiger partial charge >= 0.3 is 6.09 Å². The minimum atomic E-state index is -1.20. The maximum Gasteiger partial charge on any atom is 0.405 e. The molecule has 0 fully saturated rings. The molecule has 0 heterocycles. The van der Waals surface area contributed by atoms with Gasteiger partial charge < -0.3 is 16.2 Å². The van der Waals surface area contributed by atoms with E-state index in [1.807, 2.05) is 0 Å². The average Bonchev–Trinajstić information content (AvgIpc) is 1.98. The van der Waals surface area contributed by atoms with Gasteiger partial charge in [0, 0.05) is 0 Å². The lowest BCUT2D eigenvalue weighted by Crippen LogP contribution is -2.46. The fourth-order valence-corrected chi connectivity index (χ4v) is 0.879. The molecule has 0 aliphatic heterocycles. The second kappa shape index (κ2) is 4.71. The molecule has 0 rings (SSSR count). The van der Waals surface area contributed by atoms with Gasteiger partial charge in [-0.15, -0.1) is 0 Å². The van der Waals surface area contributed by atoms with Crippen LogP contribution in [0.1, 0.15) is 13.8 Å². The molecule has 0 saturated carbocycles. The third-order valence-corrected chi connectivity index (χ3v) is 1.49. The average molecular weight is 174 g/mol. The molecular formula is C7H14N2O3. The lowest BCUT2D eigenvalue weighted by molar-refractivity contribution is -0.120. The van der Waals surface area contributed by atoms with Crippen molar-refractivity contribution >= 4 is 11.9 Å². The Bertz CT molecular complexity index is 179. The Morgan fingerprint density at radius 1 is 1.50 bits per heavy atom. The van der Waals surface area contributed by atoms with Crippen LogP contribution in [0.25, 0.3) is 0 Å². The Morgan fingerprint density at radius 2 is 2.00 bits per heavy atom. The topological polar surface area (TPSA) is 92.4 Å². The lowest BCUT2D eigenvalue weighted by atomic mass is 10.0. The third-order valence-electron chi connectivity index (χ3n) is 1.49. The van der Waals surface area contributed by atoms with Crippen LogP contribution < -0.4 is 11.1 Å². The molecule has 70 valence electrons. The zero-order valence-corrected chi connectivity index (χ0v) is 7.20. The first-order valence-corrected chi connectivity index (χ1v) is 3.71. The maximum absolute atomic E-state index is 11.0. The fourth-order valence-electron chi connectivity index (χ4n) is 0.879. The van der Waals surface area contributed by atoms with E-state index in [1.54, 1.807) is 13.8 Å². The summed E-state index contributed by atoms with van der Waals surface area (Å²) in [5, 5.41) is 10.5. The molecule has 4 N–H and O–H groups in total. The Morgan fingerprint density at radius 3 is 2.25 bits per heavy atom. The van der Waals surface area contributed by atoms with Crippen LogP contribution in [0.4, 0.5) is 4.79 Å². The first-order chi connectivity index (χ1) is 5.49. The molecule has 0 aromatic heterocycles. The van der Waals surface area contributed by atoms with Gasteiger partial charge in [0.05, 0.1) is 12.6 Å². The summed E-state index contributed by atoms with van der Waals surface area (Å²) in [6.45, 7) is 3.38. The Hall–Kier alpha value is -1.10. The number of rotatable bonds is 4. The van der Waals surface area contributed by atoms with Crippen molar-refractivity contribution in [3.05, 3.63) is 0 Å². The van der Waals surface area contributed by atoms with Crippen molar-refractivity contribution in [2.75, 3.05) is 6.54 Å². The standard InChI is InChI=1S/C7H14N2O3/c1-4(2)6(5(10)3-8)9-7(11)12/h4,6,9H,3,8H2,1-2H3,(H,11,12). The van der Waals surface area contributed by atoms with Gasteiger partial charge in [0.25, 0.3) is 0 Å². The Kier molecular flexibility index (Phi) is 4.28. The van der Waals surface area contributed by atoms with Crippen molar-refractivity contribution in [3.8, 4) is 0 Å². The first-order valence-electron chi connectivity index (χ1n) is 3.71. The largest absolute Gasteiger partial charge is 0.465 e. The highest BCUT2D eigenvalue weighted by atomic mass is 16.4. The van der Waals surface area contributed by atoms with E-state index >= 15 is 0 Å². The summed E-state index contributed by atoms with van der Waals surface area (Å²) >= 11 is 0. The number of nitrogens with two attached hydrogens (primary N) is 1. The maximum atomic E-state index is 11.0. The van der Waals surface area contributed by atoms with Crippen molar-refractivity contribution < 1.29 is 14.7 Å². The molecule has 0 aromatic carbocycles. The van der Waals surface area contributed by atoms with Crippen LogP contribution >= 0.6 is 0 Å². The molecule has 5 nitrogen and oxygen atoms in total.